The van der Waals surface area contributed by atoms with Gasteiger partial charge in [0, 0.05) is 57.3 Å². The molecule has 1 fully saturated rings. The van der Waals surface area contributed by atoms with E-state index in [-0.39, 0.29) is 24.5 Å². The third-order valence-electron chi connectivity index (χ3n) is 5.22. The minimum absolute atomic E-state index is 0.106. The molecule has 160 valence electrons. The summed E-state index contributed by atoms with van der Waals surface area (Å²) >= 11 is 0. The fraction of sp³-hybridized carbons (Fsp3) is 0.417. The number of piperazine rings is 1. The normalized spacial score (nSPS) is 15.5. The zero-order valence-corrected chi connectivity index (χ0v) is 17.8. The molecule has 0 saturated carbocycles. The van der Waals surface area contributed by atoms with Crippen LogP contribution >= 0.6 is 0 Å². The van der Waals surface area contributed by atoms with Gasteiger partial charge in [0.2, 0.25) is 0 Å². The van der Waals surface area contributed by atoms with Crippen LogP contribution in [0.3, 0.4) is 0 Å². The van der Waals surface area contributed by atoms with E-state index in [2.05, 4.69) is 34.1 Å². The van der Waals surface area contributed by atoms with Gasteiger partial charge in [-0.3, -0.25) is 14.5 Å². The van der Waals surface area contributed by atoms with Crippen molar-refractivity contribution < 1.29 is 19.1 Å². The lowest BCUT2D eigenvalue weighted by Crippen LogP contribution is -2.50. The molecule has 2 aromatic rings. The lowest BCUT2D eigenvalue weighted by molar-refractivity contribution is -0.148. The van der Waals surface area contributed by atoms with Crippen molar-refractivity contribution in [3.05, 3.63) is 60.2 Å². The topological polar surface area (TPSA) is 59.1 Å². The number of rotatable bonds is 9. The summed E-state index contributed by atoms with van der Waals surface area (Å²) in [4.78, 5) is 28.0. The van der Waals surface area contributed by atoms with E-state index in [1.165, 1.54) is 12.6 Å². The van der Waals surface area contributed by atoms with Crippen molar-refractivity contribution in [2.75, 3.05) is 44.2 Å². The first-order chi connectivity index (χ1) is 14.5. The summed E-state index contributed by atoms with van der Waals surface area (Å²) in [6.45, 7) is 7.85. The molecule has 6 nitrogen and oxygen atoms in total. The summed E-state index contributed by atoms with van der Waals surface area (Å²) in [6, 6.07) is 17.5. The van der Waals surface area contributed by atoms with Crippen LogP contribution in [0, 0.1) is 0 Å². The Morgan fingerprint density at radius 3 is 2.23 bits per heavy atom. The van der Waals surface area contributed by atoms with Crippen molar-refractivity contribution in [2.24, 2.45) is 0 Å². The second-order valence-corrected chi connectivity index (χ2v) is 7.47. The number of anilines is 1. The zero-order valence-electron chi connectivity index (χ0n) is 17.8. The Labute approximate surface area is 178 Å². The van der Waals surface area contributed by atoms with Gasteiger partial charge in [-0.2, -0.15) is 0 Å². The number of ketones is 1. The highest BCUT2D eigenvalue weighted by Gasteiger charge is 2.22. The molecule has 1 atom stereocenters. The summed E-state index contributed by atoms with van der Waals surface area (Å²) < 4.78 is 11.3. The van der Waals surface area contributed by atoms with Crippen molar-refractivity contribution in [3.63, 3.8) is 0 Å². The molecule has 1 aliphatic heterocycles. The van der Waals surface area contributed by atoms with Crippen LogP contribution in [0.5, 0.6) is 5.75 Å². The summed E-state index contributed by atoms with van der Waals surface area (Å²) in [5, 5.41) is 0. The fourth-order valence-corrected chi connectivity index (χ4v) is 3.60. The molecule has 1 aliphatic rings. The minimum Gasteiger partial charge on any atom is -0.490 e. The molecular weight excluding hydrogens is 380 g/mol. The van der Waals surface area contributed by atoms with Gasteiger partial charge in [-0.25, -0.2) is 0 Å². The van der Waals surface area contributed by atoms with E-state index in [0.717, 1.165) is 26.2 Å². The van der Waals surface area contributed by atoms with Gasteiger partial charge in [0.25, 0.3) is 0 Å². The second-order valence-electron chi connectivity index (χ2n) is 7.47. The molecule has 1 saturated heterocycles. The maximum atomic E-state index is 11.7. The Hall–Kier alpha value is -2.86. The highest BCUT2D eigenvalue weighted by Crippen LogP contribution is 2.17. The molecule has 1 heterocycles. The molecule has 30 heavy (non-hydrogen) atoms. The number of hydrogen-bond donors (Lipinski definition) is 0. The van der Waals surface area contributed by atoms with E-state index in [1.807, 2.05) is 13.0 Å². The van der Waals surface area contributed by atoms with E-state index in [1.54, 1.807) is 24.3 Å². The van der Waals surface area contributed by atoms with Gasteiger partial charge in [-0.1, -0.05) is 25.1 Å². The number of benzene rings is 2. The van der Waals surface area contributed by atoms with Gasteiger partial charge in [-0.05, 0) is 36.4 Å². The van der Waals surface area contributed by atoms with Crippen molar-refractivity contribution in [2.45, 2.75) is 26.4 Å². The predicted octanol–water partition coefficient (Wildman–Crippen LogP) is 3.41. The van der Waals surface area contributed by atoms with Crippen molar-refractivity contribution >= 4 is 17.4 Å². The first-order valence-corrected chi connectivity index (χ1v) is 10.5. The third-order valence-corrected chi connectivity index (χ3v) is 5.22. The highest BCUT2D eigenvalue weighted by atomic mass is 16.6. The van der Waals surface area contributed by atoms with Gasteiger partial charge >= 0.3 is 5.97 Å². The molecule has 0 bridgehead atoms. The van der Waals surface area contributed by atoms with Gasteiger partial charge in [0.1, 0.15) is 18.5 Å². The number of esters is 1. The summed E-state index contributed by atoms with van der Waals surface area (Å²) in [7, 11) is 0. The molecule has 0 radical (unpaired) electrons. The Bertz CT molecular complexity index is 815. The number of para-hydroxylation sites is 1. The average Bonchev–Trinajstić information content (AvgIpc) is 2.78. The Kier molecular flexibility index (Phi) is 7.85. The van der Waals surface area contributed by atoms with Crippen LogP contribution < -0.4 is 9.64 Å². The van der Waals surface area contributed by atoms with Crippen LogP contribution in [-0.4, -0.2) is 62.1 Å². The Morgan fingerprint density at radius 1 is 0.967 bits per heavy atom. The van der Waals surface area contributed by atoms with Crippen molar-refractivity contribution in [1.29, 1.82) is 0 Å². The van der Waals surface area contributed by atoms with Gasteiger partial charge in [-0.15, -0.1) is 0 Å². The van der Waals surface area contributed by atoms with E-state index in [9.17, 15) is 9.59 Å². The van der Waals surface area contributed by atoms with E-state index in [4.69, 9.17) is 9.47 Å². The predicted molar refractivity (Wildman–Crippen MR) is 117 cm³/mol. The number of Topliss-reactive ketones (excluding diaryl/α,β-unsaturated/α-hetero) is 1. The lowest BCUT2D eigenvalue weighted by Gasteiger charge is -2.37. The Morgan fingerprint density at radius 2 is 1.63 bits per heavy atom. The van der Waals surface area contributed by atoms with Crippen LogP contribution in [0.1, 0.15) is 30.6 Å². The number of nitrogens with zero attached hydrogens (tertiary/aromatic N) is 2. The van der Waals surface area contributed by atoms with Crippen LogP contribution in [0.2, 0.25) is 0 Å². The molecule has 3 rings (SSSR count). The molecule has 0 amide bonds. The average molecular weight is 411 g/mol. The maximum Gasteiger partial charge on any atom is 0.303 e. The van der Waals surface area contributed by atoms with Gasteiger partial charge in [0.15, 0.2) is 5.78 Å². The van der Waals surface area contributed by atoms with Crippen LogP contribution in [0.25, 0.3) is 0 Å². The summed E-state index contributed by atoms with van der Waals surface area (Å²) in [5.41, 5.74) is 1.92. The van der Waals surface area contributed by atoms with Crippen LogP contribution in [0.15, 0.2) is 54.6 Å². The minimum atomic E-state index is -0.345. The first kappa shape index (κ1) is 21.8. The molecule has 2 aromatic carbocycles. The molecule has 0 spiro atoms. The molecule has 1 unspecified atom stereocenters. The van der Waals surface area contributed by atoms with E-state index in [0.29, 0.717) is 24.3 Å². The monoisotopic (exact) mass is 410 g/mol. The SMILES string of the molecule is CCC(=O)c1ccc(OCC(CN2CCN(c3ccccc3)CC2)OC(C)=O)cc1. The summed E-state index contributed by atoms with van der Waals surface area (Å²) in [5.74, 6) is 0.457. The zero-order chi connectivity index (χ0) is 21.3. The quantitative estimate of drug-likeness (QED) is 0.466. The first-order valence-electron chi connectivity index (χ1n) is 10.5. The van der Waals surface area contributed by atoms with Crippen molar-refractivity contribution in [3.8, 4) is 5.75 Å². The molecule has 0 aliphatic carbocycles. The number of hydrogen-bond acceptors (Lipinski definition) is 6. The number of carbonyl (C=O) groups is 2. The highest BCUT2D eigenvalue weighted by molar-refractivity contribution is 5.95. The maximum absolute atomic E-state index is 11.7. The van der Waals surface area contributed by atoms with Gasteiger partial charge < -0.3 is 14.4 Å². The number of ether oxygens (including phenoxy) is 2. The van der Waals surface area contributed by atoms with E-state index >= 15 is 0 Å². The van der Waals surface area contributed by atoms with Crippen LogP contribution in [0.4, 0.5) is 5.69 Å². The van der Waals surface area contributed by atoms with Gasteiger partial charge in [0.05, 0.1) is 0 Å². The van der Waals surface area contributed by atoms with E-state index < -0.39 is 0 Å². The molecular formula is C24H30N2O4. The summed E-state index contributed by atoms with van der Waals surface area (Å²) in [6.07, 6.45) is 0.134. The molecule has 0 N–H and O–H groups in total. The number of carbonyl (C=O) groups excluding carboxylic acids is 2. The molecule has 0 aromatic heterocycles. The van der Waals surface area contributed by atoms with Crippen molar-refractivity contribution in [1.82, 2.24) is 4.90 Å². The lowest BCUT2D eigenvalue weighted by atomic mass is 10.1. The third kappa shape index (κ3) is 6.32. The largest absolute Gasteiger partial charge is 0.490 e. The van der Waals surface area contributed by atoms with Crippen LogP contribution in [-0.2, 0) is 9.53 Å². The standard InChI is InChI=1S/C24H30N2O4/c1-3-24(28)20-9-11-22(12-10-20)29-18-23(30-19(2)27)17-25-13-15-26(16-14-25)21-7-5-4-6-8-21/h4-12,23H,3,13-18H2,1-2H3. The smallest absolute Gasteiger partial charge is 0.303 e. The fourth-order valence-electron chi connectivity index (χ4n) is 3.60. The Balaban J connectivity index is 1.51. The second kappa shape index (κ2) is 10.8. The molecule has 6 heteroatoms.